The number of anilines is 3. The first kappa shape index (κ1) is 17.5. The van der Waals surface area contributed by atoms with Crippen LogP contribution in [-0.4, -0.2) is 35.7 Å². The molecule has 0 unspecified atom stereocenters. The topological polar surface area (TPSA) is 58.9 Å². The van der Waals surface area contributed by atoms with Crippen LogP contribution < -0.4 is 15.8 Å². The fraction of sp³-hybridized carbons (Fsp3) is 0.300. The van der Waals surface area contributed by atoms with E-state index in [4.69, 9.17) is 9.72 Å². The Morgan fingerprint density at radius 1 is 1.15 bits per heavy atom. The largest absolute Gasteiger partial charge is 0.378 e. The molecule has 3 aromatic rings. The number of aromatic nitrogens is 2. The molecule has 27 heavy (non-hydrogen) atoms. The minimum Gasteiger partial charge on any atom is -0.378 e. The molecule has 0 amide bonds. The first-order chi connectivity index (χ1) is 13.0. The smallest absolute Gasteiger partial charge is 0.283 e. The van der Waals surface area contributed by atoms with Gasteiger partial charge in [0.05, 0.1) is 13.2 Å². The van der Waals surface area contributed by atoms with Crippen LogP contribution in [0.4, 0.5) is 21.6 Å². The molecule has 1 aromatic carbocycles. The van der Waals surface area contributed by atoms with Gasteiger partial charge in [-0.1, -0.05) is 6.07 Å². The van der Waals surface area contributed by atoms with Gasteiger partial charge in [0.25, 0.3) is 5.56 Å². The third-order valence-corrected chi connectivity index (χ3v) is 4.71. The third kappa shape index (κ3) is 3.38. The van der Waals surface area contributed by atoms with Crippen molar-refractivity contribution in [2.75, 3.05) is 36.5 Å². The van der Waals surface area contributed by atoms with Crippen LogP contribution in [0.5, 0.6) is 0 Å². The highest BCUT2D eigenvalue weighted by Gasteiger charge is 2.21. The lowest BCUT2D eigenvalue weighted by Gasteiger charge is -2.29. The molecule has 7 heteroatoms. The van der Waals surface area contributed by atoms with Crippen molar-refractivity contribution in [3.63, 3.8) is 0 Å². The number of pyridine rings is 1. The molecule has 4 rings (SSSR count). The molecule has 0 bridgehead atoms. The maximum Gasteiger partial charge on any atom is 0.283 e. The van der Waals surface area contributed by atoms with Crippen molar-refractivity contribution in [2.45, 2.75) is 13.8 Å². The van der Waals surface area contributed by atoms with Gasteiger partial charge >= 0.3 is 0 Å². The van der Waals surface area contributed by atoms with E-state index < -0.39 is 0 Å². The van der Waals surface area contributed by atoms with E-state index in [1.807, 2.05) is 24.0 Å². The van der Waals surface area contributed by atoms with Crippen LogP contribution in [0.2, 0.25) is 0 Å². The summed E-state index contributed by atoms with van der Waals surface area (Å²) < 4.78 is 20.4. The van der Waals surface area contributed by atoms with Gasteiger partial charge in [0.2, 0.25) is 0 Å². The Balaban J connectivity index is 1.89. The van der Waals surface area contributed by atoms with E-state index in [-0.39, 0.29) is 11.4 Å². The molecular weight excluding hydrogens is 347 g/mol. The number of nitrogens with zero attached hydrogens (tertiary/aromatic N) is 3. The molecule has 0 radical (unpaired) electrons. The summed E-state index contributed by atoms with van der Waals surface area (Å²) in [6.07, 6.45) is 1.77. The summed E-state index contributed by atoms with van der Waals surface area (Å²) in [5.41, 5.74) is 3.15. The second kappa shape index (κ2) is 7.00. The fourth-order valence-electron chi connectivity index (χ4n) is 3.25. The number of aryl methyl sites for hydroxylation is 2. The van der Waals surface area contributed by atoms with Gasteiger partial charge in [-0.05, 0) is 49.2 Å². The summed E-state index contributed by atoms with van der Waals surface area (Å²) in [5.74, 6) is 0.284. The van der Waals surface area contributed by atoms with E-state index >= 15 is 0 Å². The second-order valence-electron chi connectivity index (χ2n) is 6.73. The molecule has 1 N–H and O–H groups in total. The number of hydrogen-bond acceptors (Lipinski definition) is 5. The van der Waals surface area contributed by atoms with Gasteiger partial charge in [-0.15, -0.1) is 0 Å². The number of nitrogens with one attached hydrogen (secondary N) is 1. The van der Waals surface area contributed by atoms with E-state index in [2.05, 4.69) is 5.32 Å². The number of fused-ring (bicyclic) bond motifs is 1. The van der Waals surface area contributed by atoms with Crippen molar-refractivity contribution in [1.82, 2.24) is 9.38 Å². The molecule has 0 saturated carbocycles. The van der Waals surface area contributed by atoms with Crippen LogP contribution >= 0.6 is 0 Å². The Bertz CT molecular complexity index is 1060. The first-order valence-corrected chi connectivity index (χ1v) is 8.92. The summed E-state index contributed by atoms with van der Waals surface area (Å²) in [4.78, 5) is 20.0. The second-order valence-corrected chi connectivity index (χ2v) is 6.73. The molecule has 140 valence electrons. The quantitative estimate of drug-likeness (QED) is 0.770. The van der Waals surface area contributed by atoms with Crippen LogP contribution in [0, 0.1) is 19.7 Å². The Morgan fingerprint density at radius 3 is 2.67 bits per heavy atom. The number of halogens is 1. The van der Waals surface area contributed by atoms with Crippen molar-refractivity contribution in [2.24, 2.45) is 0 Å². The number of ether oxygens (including phenoxy) is 1. The van der Waals surface area contributed by atoms with Crippen LogP contribution in [0.3, 0.4) is 0 Å². The van der Waals surface area contributed by atoms with Crippen molar-refractivity contribution >= 4 is 22.8 Å². The SMILES string of the molecule is Cc1ccc2nc(N3CCOCC3)c(Nc3ccc(F)cc3C)c(=O)n2c1. The van der Waals surface area contributed by atoms with Crippen LogP contribution in [0.25, 0.3) is 5.65 Å². The van der Waals surface area contributed by atoms with E-state index in [1.54, 1.807) is 23.6 Å². The third-order valence-electron chi connectivity index (χ3n) is 4.71. The average molecular weight is 368 g/mol. The molecule has 1 aliphatic rings. The maximum absolute atomic E-state index is 13.5. The molecule has 1 aliphatic heterocycles. The van der Waals surface area contributed by atoms with E-state index in [9.17, 15) is 9.18 Å². The lowest BCUT2D eigenvalue weighted by molar-refractivity contribution is 0.122. The van der Waals surface area contributed by atoms with Crippen LogP contribution in [-0.2, 0) is 4.74 Å². The average Bonchev–Trinajstić information content (AvgIpc) is 2.67. The predicted molar refractivity (Wildman–Crippen MR) is 104 cm³/mol. The zero-order valence-electron chi connectivity index (χ0n) is 15.3. The monoisotopic (exact) mass is 368 g/mol. The van der Waals surface area contributed by atoms with Gasteiger partial charge in [-0.2, -0.15) is 0 Å². The number of benzene rings is 1. The number of morpholine rings is 1. The van der Waals surface area contributed by atoms with Gasteiger partial charge in [-0.3, -0.25) is 9.20 Å². The van der Waals surface area contributed by atoms with Crippen molar-refractivity contribution in [3.05, 3.63) is 63.8 Å². The highest BCUT2D eigenvalue weighted by atomic mass is 19.1. The molecule has 2 aromatic heterocycles. The van der Waals surface area contributed by atoms with Gasteiger partial charge < -0.3 is 15.0 Å². The van der Waals surface area contributed by atoms with Crippen LogP contribution in [0.1, 0.15) is 11.1 Å². The van der Waals surface area contributed by atoms with Gasteiger partial charge in [0.1, 0.15) is 17.2 Å². The number of hydrogen-bond donors (Lipinski definition) is 1. The molecule has 0 aliphatic carbocycles. The molecule has 1 saturated heterocycles. The molecular formula is C20H21FN4O2. The van der Waals surface area contributed by atoms with Crippen LogP contribution in [0.15, 0.2) is 41.3 Å². The lowest BCUT2D eigenvalue weighted by atomic mass is 10.2. The Hall–Kier alpha value is -2.93. The first-order valence-electron chi connectivity index (χ1n) is 8.92. The fourth-order valence-corrected chi connectivity index (χ4v) is 3.25. The molecule has 6 nitrogen and oxygen atoms in total. The Morgan fingerprint density at radius 2 is 1.93 bits per heavy atom. The lowest BCUT2D eigenvalue weighted by Crippen LogP contribution is -2.38. The van der Waals surface area contributed by atoms with Gasteiger partial charge in [-0.25, -0.2) is 9.37 Å². The standard InChI is InChI=1S/C20H21FN4O2/c1-13-3-6-17-23-19(24-7-9-27-10-8-24)18(20(26)25(17)12-13)22-16-5-4-15(21)11-14(16)2/h3-6,11-12,22H,7-10H2,1-2H3. The zero-order chi connectivity index (χ0) is 19.0. The summed E-state index contributed by atoms with van der Waals surface area (Å²) >= 11 is 0. The van der Waals surface area contributed by atoms with Crippen molar-refractivity contribution < 1.29 is 9.13 Å². The molecule has 1 fully saturated rings. The molecule has 0 spiro atoms. The van der Waals surface area contributed by atoms with Gasteiger partial charge in [0.15, 0.2) is 5.82 Å². The minimum absolute atomic E-state index is 0.186. The summed E-state index contributed by atoms with van der Waals surface area (Å²) in [6.45, 7) is 6.22. The Kier molecular flexibility index (Phi) is 4.53. The Labute approximate surface area is 156 Å². The molecule has 3 heterocycles. The normalized spacial score (nSPS) is 14.6. The molecule has 0 atom stereocenters. The highest BCUT2D eigenvalue weighted by Crippen LogP contribution is 2.27. The van der Waals surface area contributed by atoms with E-state index in [0.717, 1.165) is 11.1 Å². The predicted octanol–water partition coefficient (Wildman–Crippen LogP) is 3.03. The van der Waals surface area contributed by atoms with E-state index in [1.165, 1.54) is 12.1 Å². The maximum atomic E-state index is 13.5. The summed E-state index contributed by atoms with van der Waals surface area (Å²) in [6, 6.07) is 8.22. The van der Waals surface area contributed by atoms with Gasteiger partial charge in [0, 0.05) is 25.0 Å². The van der Waals surface area contributed by atoms with Crippen molar-refractivity contribution in [3.8, 4) is 0 Å². The highest BCUT2D eigenvalue weighted by molar-refractivity contribution is 5.74. The minimum atomic E-state index is -0.310. The number of rotatable bonds is 3. The summed E-state index contributed by atoms with van der Waals surface area (Å²) in [5, 5.41) is 3.20. The van der Waals surface area contributed by atoms with Crippen molar-refractivity contribution in [1.29, 1.82) is 0 Å². The van der Waals surface area contributed by atoms with E-state index in [0.29, 0.717) is 49.1 Å². The summed E-state index contributed by atoms with van der Waals surface area (Å²) in [7, 11) is 0. The zero-order valence-corrected chi connectivity index (χ0v) is 15.3.